The molecule has 2 heterocycles. The maximum atomic E-state index is 12.6. The summed E-state index contributed by atoms with van der Waals surface area (Å²) in [5, 5.41) is 6.82. The number of carbonyl (C=O) groups excluding carboxylic acids is 2. The Hall–Kier alpha value is -1.85. The van der Waals surface area contributed by atoms with Crippen LogP contribution in [0.15, 0.2) is 10.6 Å². The van der Waals surface area contributed by atoms with E-state index in [-0.39, 0.29) is 23.8 Å². The van der Waals surface area contributed by atoms with Crippen molar-refractivity contribution in [3.8, 4) is 0 Å². The number of rotatable bonds is 3. The minimum atomic E-state index is -0.0985. The van der Waals surface area contributed by atoms with E-state index in [1.54, 1.807) is 11.0 Å². The lowest BCUT2D eigenvalue weighted by Crippen LogP contribution is -2.38. The third-order valence-corrected chi connectivity index (χ3v) is 5.01. The molecule has 0 radical (unpaired) electrons. The maximum Gasteiger partial charge on any atom is 0.276 e. The zero-order valence-electron chi connectivity index (χ0n) is 13.3. The van der Waals surface area contributed by atoms with Crippen molar-refractivity contribution in [2.24, 2.45) is 11.8 Å². The fourth-order valence-corrected chi connectivity index (χ4v) is 3.56. The molecule has 1 aromatic rings. The van der Waals surface area contributed by atoms with Crippen LogP contribution in [-0.4, -0.2) is 41.5 Å². The highest BCUT2D eigenvalue weighted by Crippen LogP contribution is 2.38. The molecule has 22 heavy (non-hydrogen) atoms. The standard InChI is InChI=1S/C16H23N3O3/c1-9(2)14-7-13(18-22-14)16(21)19(3)12-4-10-6-15(20)17-8-11(10)5-12/h7,9-12H,4-6,8H2,1-3H3,(H,17,20)/t10-,11+,12-/m0/s1. The number of piperidine rings is 1. The molecule has 120 valence electrons. The van der Waals surface area contributed by atoms with Gasteiger partial charge in [-0.3, -0.25) is 9.59 Å². The highest BCUT2D eigenvalue weighted by atomic mass is 16.5. The van der Waals surface area contributed by atoms with Gasteiger partial charge < -0.3 is 14.7 Å². The van der Waals surface area contributed by atoms with Gasteiger partial charge >= 0.3 is 0 Å². The second-order valence-electron chi connectivity index (χ2n) is 6.84. The van der Waals surface area contributed by atoms with E-state index in [2.05, 4.69) is 10.5 Å². The Morgan fingerprint density at radius 1 is 1.41 bits per heavy atom. The van der Waals surface area contributed by atoms with Crippen LogP contribution in [0.1, 0.15) is 55.3 Å². The topological polar surface area (TPSA) is 75.4 Å². The third-order valence-electron chi connectivity index (χ3n) is 5.01. The third kappa shape index (κ3) is 2.74. The first-order valence-electron chi connectivity index (χ1n) is 7.96. The SMILES string of the molecule is CC(C)c1cc(C(=O)N(C)[C@H]2C[C@H]3CC(=O)NC[C@H]3C2)no1. The summed E-state index contributed by atoms with van der Waals surface area (Å²) >= 11 is 0. The van der Waals surface area contributed by atoms with Crippen molar-refractivity contribution in [2.75, 3.05) is 13.6 Å². The van der Waals surface area contributed by atoms with E-state index in [1.165, 1.54) is 0 Å². The van der Waals surface area contributed by atoms with Crippen molar-refractivity contribution in [1.29, 1.82) is 0 Å². The van der Waals surface area contributed by atoms with Crippen LogP contribution in [0.3, 0.4) is 0 Å². The van der Waals surface area contributed by atoms with E-state index in [9.17, 15) is 9.59 Å². The Morgan fingerprint density at radius 3 is 2.82 bits per heavy atom. The minimum absolute atomic E-state index is 0.0985. The van der Waals surface area contributed by atoms with Gasteiger partial charge in [-0.2, -0.15) is 0 Å². The largest absolute Gasteiger partial charge is 0.360 e. The maximum absolute atomic E-state index is 12.6. The first-order chi connectivity index (χ1) is 10.5. The van der Waals surface area contributed by atoms with Gasteiger partial charge in [0, 0.05) is 38.0 Å². The van der Waals surface area contributed by atoms with Crippen molar-refractivity contribution < 1.29 is 14.1 Å². The molecule has 1 aliphatic carbocycles. The number of hydrogen-bond acceptors (Lipinski definition) is 4. The zero-order chi connectivity index (χ0) is 15.9. The molecule has 0 bridgehead atoms. The summed E-state index contributed by atoms with van der Waals surface area (Å²) < 4.78 is 5.22. The van der Waals surface area contributed by atoms with Crippen molar-refractivity contribution in [3.63, 3.8) is 0 Å². The zero-order valence-corrected chi connectivity index (χ0v) is 13.3. The summed E-state index contributed by atoms with van der Waals surface area (Å²) in [6.07, 6.45) is 2.43. The second-order valence-corrected chi connectivity index (χ2v) is 6.84. The van der Waals surface area contributed by atoms with Gasteiger partial charge in [0.2, 0.25) is 5.91 Å². The van der Waals surface area contributed by atoms with Gasteiger partial charge in [-0.1, -0.05) is 19.0 Å². The number of aromatic nitrogens is 1. The van der Waals surface area contributed by atoms with Crippen LogP contribution in [0.25, 0.3) is 0 Å². The number of fused-ring (bicyclic) bond motifs is 1. The molecule has 2 amide bonds. The molecule has 2 aliphatic rings. The van der Waals surface area contributed by atoms with Crippen molar-refractivity contribution >= 4 is 11.8 Å². The Labute approximate surface area is 130 Å². The lowest BCUT2D eigenvalue weighted by atomic mass is 9.89. The van der Waals surface area contributed by atoms with Gasteiger partial charge in [0.05, 0.1) is 0 Å². The van der Waals surface area contributed by atoms with Crippen LogP contribution in [0.4, 0.5) is 0 Å². The molecule has 0 spiro atoms. The normalized spacial score (nSPS) is 27.6. The van der Waals surface area contributed by atoms with Crippen molar-refractivity contribution in [2.45, 2.75) is 45.1 Å². The van der Waals surface area contributed by atoms with Crippen LogP contribution in [0.2, 0.25) is 0 Å². The monoisotopic (exact) mass is 305 g/mol. The van der Waals surface area contributed by atoms with Crippen molar-refractivity contribution in [3.05, 3.63) is 17.5 Å². The first kappa shape index (κ1) is 15.1. The van der Waals surface area contributed by atoms with Crippen LogP contribution in [0.5, 0.6) is 0 Å². The van der Waals surface area contributed by atoms with Crippen LogP contribution in [-0.2, 0) is 4.79 Å². The number of hydrogen-bond donors (Lipinski definition) is 1. The smallest absolute Gasteiger partial charge is 0.276 e. The fourth-order valence-electron chi connectivity index (χ4n) is 3.56. The number of amides is 2. The molecule has 3 rings (SSSR count). The molecule has 1 saturated heterocycles. The Bertz CT molecular complexity index is 581. The van der Waals surface area contributed by atoms with Gasteiger partial charge in [-0.05, 0) is 24.7 Å². The van der Waals surface area contributed by atoms with E-state index in [0.29, 0.717) is 24.0 Å². The molecule has 0 aromatic carbocycles. The van der Waals surface area contributed by atoms with Crippen LogP contribution in [0, 0.1) is 11.8 Å². The van der Waals surface area contributed by atoms with E-state index < -0.39 is 0 Å². The van der Waals surface area contributed by atoms with Crippen LogP contribution < -0.4 is 5.32 Å². The summed E-state index contributed by atoms with van der Waals surface area (Å²) in [7, 11) is 1.82. The summed E-state index contributed by atoms with van der Waals surface area (Å²) in [5.41, 5.74) is 0.371. The number of nitrogens with one attached hydrogen (secondary N) is 1. The predicted molar refractivity (Wildman–Crippen MR) is 80.3 cm³/mol. The Balaban J connectivity index is 1.67. The average Bonchev–Trinajstić information content (AvgIpc) is 3.11. The summed E-state index contributed by atoms with van der Waals surface area (Å²) in [6.45, 7) is 4.75. The quantitative estimate of drug-likeness (QED) is 0.923. The molecule has 1 N–H and O–H groups in total. The van der Waals surface area contributed by atoms with Gasteiger partial charge in [-0.15, -0.1) is 0 Å². The number of nitrogens with zero attached hydrogens (tertiary/aromatic N) is 2. The lowest BCUT2D eigenvalue weighted by molar-refractivity contribution is -0.124. The summed E-state index contributed by atoms with van der Waals surface area (Å²) in [5.74, 6) is 1.86. The molecule has 1 aromatic heterocycles. The second kappa shape index (κ2) is 5.74. The highest BCUT2D eigenvalue weighted by molar-refractivity contribution is 5.92. The van der Waals surface area contributed by atoms with Gasteiger partial charge in [0.25, 0.3) is 5.91 Å². The van der Waals surface area contributed by atoms with E-state index in [4.69, 9.17) is 4.52 Å². The average molecular weight is 305 g/mol. The van der Waals surface area contributed by atoms with Crippen molar-refractivity contribution in [1.82, 2.24) is 15.4 Å². The van der Waals surface area contributed by atoms with E-state index >= 15 is 0 Å². The first-order valence-corrected chi connectivity index (χ1v) is 7.96. The molecule has 3 atom stereocenters. The molecule has 6 heteroatoms. The lowest BCUT2D eigenvalue weighted by Gasteiger charge is -2.24. The van der Waals surface area contributed by atoms with Gasteiger partial charge in [0.1, 0.15) is 5.76 Å². The molecular formula is C16H23N3O3. The molecule has 1 saturated carbocycles. The molecule has 0 unspecified atom stereocenters. The Morgan fingerprint density at radius 2 is 2.14 bits per heavy atom. The predicted octanol–water partition coefficient (Wildman–Crippen LogP) is 1.78. The molecule has 6 nitrogen and oxygen atoms in total. The van der Waals surface area contributed by atoms with Crippen LogP contribution >= 0.6 is 0 Å². The summed E-state index contributed by atoms with van der Waals surface area (Å²) in [6, 6.07) is 1.91. The van der Waals surface area contributed by atoms with Gasteiger partial charge in [-0.25, -0.2) is 0 Å². The number of carbonyl (C=O) groups is 2. The molecule has 2 fully saturated rings. The Kier molecular flexibility index (Phi) is 3.93. The summed E-state index contributed by atoms with van der Waals surface area (Å²) in [4.78, 5) is 25.8. The highest BCUT2D eigenvalue weighted by Gasteiger charge is 2.41. The fraction of sp³-hybridized carbons (Fsp3) is 0.688. The van der Waals surface area contributed by atoms with Gasteiger partial charge in [0.15, 0.2) is 5.69 Å². The molecule has 1 aliphatic heterocycles. The van der Waals surface area contributed by atoms with E-state index in [1.807, 2.05) is 20.9 Å². The van der Waals surface area contributed by atoms with E-state index in [0.717, 1.165) is 25.1 Å². The molecular weight excluding hydrogens is 282 g/mol. The minimum Gasteiger partial charge on any atom is -0.360 e.